The fourth-order valence-electron chi connectivity index (χ4n) is 1.35. The van der Waals surface area contributed by atoms with Gasteiger partial charge >= 0.3 is 0 Å². The van der Waals surface area contributed by atoms with Gasteiger partial charge < -0.3 is 31.1 Å². The molecule has 7 heteroatoms. The van der Waals surface area contributed by atoms with E-state index in [0.29, 0.717) is 11.4 Å². The lowest BCUT2D eigenvalue weighted by Crippen LogP contribution is -2.58. The number of hydrogen-bond acceptors (Lipinski definition) is 6. The van der Waals surface area contributed by atoms with E-state index in [1.807, 2.05) is 0 Å². The highest BCUT2D eigenvalue weighted by Crippen LogP contribution is 2.14. The molecule has 1 amide bonds. The highest BCUT2D eigenvalue weighted by atomic mass is 16.5. The fourth-order valence-corrected chi connectivity index (χ4v) is 1.35. The number of anilines is 1. The van der Waals surface area contributed by atoms with Crippen LogP contribution in [0.1, 0.15) is 0 Å². The SMILES string of the molecule is Nc1cccc(OCC(=O)NC(CO)(CO)CO)c1. The summed E-state index contributed by atoms with van der Waals surface area (Å²) >= 11 is 0. The van der Waals surface area contributed by atoms with Gasteiger partial charge in [-0.25, -0.2) is 0 Å². The van der Waals surface area contributed by atoms with Gasteiger partial charge in [0.2, 0.25) is 0 Å². The van der Waals surface area contributed by atoms with Crippen molar-refractivity contribution >= 4 is 11.6 Å². The predicted octanol–water partition coefficient (Wildman–Crippen LogP) is -1.52. The van der Waals surface area contributed by atoms with Gasteiger partial charge in [0.1, 0.15) is 11.3 Å². The molecule has 0 aliphatic rings. The van der Waals surface area contributed by atoms with Gasteiger partial charge in [0.05, 0.1) is 19.8 Å². The first-order valence-corrected chi connectivity index (χ1v) is 5.67. The number of ether oxygens (including phenoxy) is 1. The van der Waals surface area contributed by atoms with Crippen molar-refractivity contribution < 1.29 is 24.9 Å². The minimum Gasteiger partial charge on any atom is -0.484 e. The van der Waals surface area contributed by atoms with E-state index in [9.17, 15) is 4.79 Å². The molecule has 1 aromatic rings. The second kappa shape index (κ2) is 6.93. The lowest BCUT2D eigenvalue weighted by molar-refractivity contribution is -0.127. The Morgan fingerprint density at radius 2 is 1.89 bits per heavy atom. The molecule has 0 unspecified atom stereocenters. The molecule has 106 valence electrons. The van der Waals surface area contributed by atoms with Gasteiger partial charge in [0.25, 0.3) is 5.91 Å². The number of nitrogen functional groups attached to an aromatic ring is 1. The third-order valence-corrected chi connectivity index (χ3v) is 2.54. The molecule has 7 nitrogen and oxygen atoms in total. The number of benzene rings is 1. The topological polar surface area (TPSA) is 125 Å². The molecule has 1 rings (SSSR count). The summed E-state index contributed by atoms with van der Waals surface area (Å²) in [5.74, 6) is -0.141. The Kier molecular flexibility index (Phi) is 5.56. The second-order valence-electron chi connectivity index (χ2n) is 4.16. The number of nitrogens with two attached hydrogens (primary N) is 1. The van der Waals surface area contributed by atoms with Crippen molar-refractivity contribution in [1.82, 2.24) is 5.32 Å². The number of rotatable bonds is 7. The smallest absolute Gasteiger partial charge is 0.258 e. The van der Waals surface area contributed by atoms with Crippen molar-refractivity contribution in [2.75, 3.05) is 32.2 Å². The first-order chi connectivity index (χ1) is 9.05. The second-order valence-corrected chi connectivity index (χ2v) is 4.16. The van der Waals surface area contributed by atoms with Gasteiger partial charge in [-0.05, 0) is 12.1 Å². The molecule has 19 heavy (non-hydrogen) atoms. The molecule has 0 atom stereocenters. The Morgan fingerprint density at radius 1 is 1.26 bits per heavy atom. The maximum atomic E-state index is 11.6. The standard InChI is InChI=1S/C12H18N2O5/c13-9-2-1-3-10(4-9)19-5-11(18)14-12(6-15,7-16)8-17/h1-4,15-17H,5-8,13H2,(H,14,18). The molecule has 6 N–H and O–H groups in total. The largest absolute Gasteiger partial charge is 0.484 e. The van der Waals surface area contributed by atoms with E-state index in [0.717, 1.165) is 0 Å². The highest BCUT2D eigenvalue weighted by Gasteiger charge is 2.29. The van der Waals surface area contributed by atoms with Crippen molar-refractivity contribution in [3.05, 3.63) is 24.3 Å². The van der Waals surface area contributed by atoms with Gasteiger partial charge in [-0.1, -0.05) is 6.07 Å². The van der Waals surface area contributed by atoms with E-state index < -0.39 is 31.3 Å². The summed E-state index contributed by atoms with van der Waals surface area (Å²) in [5.41, 5.74) is 4.61. The highest BCUT2D eigenvalue weighted by molar-refractivity contribution is 5.78. The molecule has 0 saturated heterocycles. The monoisotopic (exact) mass is 270 g/mol. The van der Waals surface area contributed by atoms with Crippen LogP contribution in [0.25, 0.3) is 0 Å². The molecule has 0 heterocycles. The quantitative estimate of drug-likeness (QED) is 0.383. The zero-order valence-electron chi connectivity index (χ0n) is 10.4. The van der Waals surface area contributed by atoms with Crippen LogP contribution >= 0.6 is 0 Å². The van der Waals surface area contributed by atoms with Crippen molar-refractivity contribution in [2.45, 2.75) is 5.54 Å². The summed E-state index contributed by atoms with van der Waals surface area (Å²) < 4.78 is 5.19. The molecule has 0 bridgehead atoms. The first-order valence-electron chi connectivity index (χ1n) is 5.67. The average molecular weight is 270 g/mol. The Bertz CT molecular complexity index is 412. The summed E-state index contributed by atoms with van der Waals surface area (Å²) in [7, 11) is 0. The van der Waals surface area contributed by atoms with E-state index in [1.165, 1.54) is 0 Å². The van der Waals surface area contributed by atoms with Crippen LogP contribution in [-0.4, -0.2) is 53.2 Å². The van der Waals surface area contributed by atoms with E-state index in [2.05, 4.69) is 5.32 Å². The van der Waals surface area contributed by atoms with E-state index >= 15 is 0 Å². The number of nitrogens with one attached hydrogen (secondary N) is 1. The molecule has 0 aliphatic heterocycles. The minimum absolute atomic E-state index is 0.314. The van der Waals surface area contributed by atoms with Gasteiger partial charge in [0, 0.05) is 11.8 Å². The molecule has 0 fully saturated rings. The molecule has 0 radical (unpaired) electrons. The molecular weight excluding hydrogens is 252 g/mol. The molecule has 0 aromatic heterocycles. The maximum Gasteiger partial charge on any atom is 0.258 e. The van der Waals surface area contributed by atoms with Crippen molar-refractivity contribution in [1.29, 1.82) is 0 Å². The summed E-state index contributed by atoms with van der Waals surface area (Å²) in [6.45, 7) is -2.05. The summed E-state index contributed by atoms with van der Waals surface area (Å²) in [5, 5.41) is 29.5. The van der Waals surface area contributed by atoms with Gasteiger partial charge in [-0.2, -0.15) is 0 Å². The number of hydrogen-bond donors (Lipinski definition) is 5. The van der Waals surface area contributed by atoms with E-state index in [-0.39, 0.29) is 6.61 Å². The first kappa shape index (κ1) is 15.2. The van der Waals surface area contributed by atoms with Crippen LogP contribution in [0.15, 0.2) is 24.3 Å². The van der Waals surface area contributed by atoms with Crippen LogP contribution in [0.4, 0.5) is 5.69 Å². The molecule has 0 saturated carbocycles. The minimum atomic E-state index is -1.45. The van der Waals surface area contributed by atoms with Crippen molar-refractivity contribution in [3.63, 3.8) is 0 Å². The molecule has 0 spiro atoms. The number of aliphatic hydroxyl groups is 3. The Hall–Kier alpha value is -1.83. The number of carbonyl (C=O) groups is 1. The summed E-state index contributed by atoms with van der Waals surface area (Å²) in [6.07, 6.45) is 0. The summed E-state index contributed by atoms with van der Waals surface area (Å²) in [6, 6.07) is 6.56. The zero-order chi connectivity index (χ0) is 14.3. The Balaban J connectivity index is 2.52. The maximum absolute atomic E-state index is 11.6. The normalized spacial score (nSPS) is 11.1. The van der Waals surface area contributed by atoms with E-state index in [4.69, 9.17) is 25.8 Å². The van der Waals surface area contributed by atoms with Crippen molar-refractivity contribution in [2.24, 2.45) is 0 Å². The molecule has 0 aliphatic carbocycles. The van der Waals surface area contributed by atoms with Gasteiger partial charge in [0.15, 0.2) is 6.61 Å². The van der Waals surface area contributed by atoms with Crippen LogP contribution in [-0.2, 0) is 4.79 Å². The Labute approximate surface area is 110 Å². The summed E-state index contributed by atoms with van der Waals surface area (Å²) in [4.78, 5) is 11.6. The van der Waals surface area contributed by atoms with E-state index in [1.54, 1.807) is 24.3 Å². The van der Waals surface area contributed by atoms with Crippen molar-refractivity contribution in [3.8, 4) is 5.75 Å². The lowest BCUT2D eigenvalue weighted by Gasteiger charge is -2.28. The van der Waals surface area contributed by atoms with Crippen LogP contribution < -0.4 is 15.8 Å². The number of amides is 1. The average Bonchev–Trinajstić information content (AvgIpc) is 2.43. The molecular formula is C12H18N2O5. The van der Waals surface area contributed by atoms with Crippen LogP contribution in [0.5, 0.6) is 5.75 Å². The van der Waals surface area contributed by atoms with Gasteiger partial charge in [-0.15, -0.1) is 0 Å². The number of carbonyl (C=O) groups excluding carboxylic acids is 1. The Morgan fingerprint density at radius 3 is 2.42 bits per heavy atom. The third kappa shape index (κ3) is 4.40. The van der Waals surface area contributed by atoms with Crippen LogP contribution in [0.2, 0.25) is 0 Å². The third-order valence-electron chi connectivity index (χ3n) is 2.54. The zero-order valence-corrected chi connectivity index (χ0v) is 10.4. The number of aliphatic hydroxyl groups excluding tert-OH is 3. The molecule has 1 aromatic carbocycles. The van der Waals surface area contributed by atoms with Crippen LogP contribution in [0, 0.1) is 0 Å². The lowest BCUT2D eigenvalue weighted by atomic mass is 10.0. The van der Waals surface area contributed by atoms with Gasteiger partial charge in [-0.3, -0.25) is 4.79 Å². The predicted molar refractivity (Wildman–Crippen MR) is 68.5 cm³/mol. The van der Waals surface area contributed by atoms with Crippen LogP contribution in [0.3, 0.4) is 0 Å². The fraction of sp³-hybridized carbons (Fsp3) is 0.417.